The Kier molecular flexibility index (Phi) is 8.36. The van der Waals surface area contributed by atoms with Gasteiger partial charge in [0.05, 0.1) is 5.69 Å². The Hall–Kier alpha value is -2.98. The van der Waals surface area contributed by atoms with Gasteiger partial charge in [0.2, 0.25) is 0 Å². The van der Waals surface area contributed by atoms with Crippen LogP contribution in [0.1, 0.15) is 17.4 Å². The molecule has 0 aliphatic rings. The molecule has 0 saturated heterocycles. The van der Waals surface area contributed by atoms with Gasteiger partial charge in [-0.15, -0.1) is 11.3 Å². The lowest BCUT2D eigenvalue weighted by molar-refractivity contribution is -0.124. The zero-order valence-electron chi connectivity index (χ0n) is 16.9. The first-order valence-electron chi connectivity index (χ1n) is 9.86. The van der Waals surface area contributed by atoms with Crippen LogP contribution in [-0.2, 0) is 11.2 Å². The largest absolute Gasteiger partial charge is 0.491 e. The summed E-state index contributed by atoms with van der Waals surface area (Å²) in [6.07, 6.45) is -1.20. The summed E-state index contributed by atoms with van der Waals surface area (Å²) in [6.45, 7) is 1.35. The van der Waals surface area contributed by atoms with E-state index < -0.39 is 18.1 Å². The van der Waals surface area contributed by atoms with Crippen LogP contribution in [0.25, 0.3) is 0 Å². The number of nitrogens with one attached hydrogen (secondary N) is 2. The van der Waals surface area contributed by atoms with Gasteiger partial charge < -0.3 is 31.3 Å². The van der Waals surface area contributed by atoms with E-state index in [2.05, 4.69) is 15.6 Å². The smallest absolute Gasteiger partial charge is 0.259 e. The van der Waals surface area contributed by atoms with E-state index in [0.29, 0.717) is 23.9 Å². The second-order valence-electron chi connectivity index (χ2n) is 6.93. The summed E-state index contributed by atoms with van der Waals surface area (Å²) in [5.74, 6) is 0.170. The van der Waals surface area contributed by atoms with Crippen molar-refractivity contribution in [3.63, 3.8) is 0 Å². The average Bonchev–Trinajstić information content (AvgIpc) is 3.22. The number of carbonyl (C=O) groups is 1. The number of aliphatic hydroxyl groups excluding tert-OH is 2. The number of amides is 1. The van der Waals surface area contributed by atoms with Crippen LogP contribution in [0.15, 0.2) is 60.0 Å². The summed E-state index contributed by atoms with van der Waals surface area (Å²) in [5.41, 5.74) is 7.42. The first kappa shape index (κ1) is 22.7. The lowest BCUT2D eigenvalue weighted by atomic mass is 10.1. The number of thiazole rings is 1. The molecule has 8 nitrogen and oxygen atoms in total. The van der Waals surface area contributed by atoms with Crippen molar-refractivity contribution in [2.24, 2.45) is 0 Å². The Bertz CT molecular complexity index is 950. The molecule has 0 aliphatic heterocycles. The van der Waals surface area contributed by atoms with Crippen LogP contribution in [0.4, 0.5) is 10.8 Å². The number of rotatable bonds is 11. The Balaban J connectivity index is 1.35. The predicted molar refractivity (Wildman–Crippen MR) is 121 cm³/mol. The number of aliphatic hydroxyl groups is 2. The number of nitrogens with two attached hydrogens (primary N) is 1. The van der Waals surface area contributed by atoms with Gasteiger partial charge in [0, 0.05) is 17.6 Å². The van der Waals surface area contributed by atoms with Crippen LogP contribution in [0.3, 0.4) is 0 Å². The molecule has 31 heavy (non-hydrogen) atoms. The summed E-state index contributed by atoms with van der Waals surface area (Å²) in [5, 5.41) is 27.8. The number of hydrogen-bond donors (Lipinski definition) is 5. The maximum absolute atomic E-state index is 12.1. The highest BCUT2D eigenvalue weighted by Gasteiger charge is 2.20. The molecule has 2 aromatic carbocycles. The molecule has 0 radical (unpaired) electrons. The molecule has 1 unspecified atom stereocenters. The number of ether oxygens (including phenoxy) is 1. The van der Waals surface area contributed by atoms with Crippen molar-refractivity contribution in [2.45, 2.75) is 18.6 Å². The van der Waals surface area contributed by atoms with Gasteiger partial charge in [-0.3, -0.25) is 4.79 Å². The Morgan fingerprint density at radius 1 is 1.13 bits per heavy atom. The summed E-state index contributed by atoms with van der Waals surface area (Å²) < 4.78 is 5.52. The fourth-order valence-electron chi connectivity index (χ4n) is 2.80. The van der Waals surface area contributed by atoms with Gasteiger partial charge in [-0.25, -0.2) is 4.98 Å². The van der Waals surface area contributed by atoms with Crippen molar-refractivity contribution >= 4 is 28.1 Å². The first-order valence-corrected chi connectivity index (χ1v) is 10.7. The number of nitrogen functional groups attached to an aromatic ring is 1. The molecule has 0 spiro atoms. The van der Waals surface area contributed by atoms with Crippen molar-refractivity contribution in [1.29, 1.82) is 0 Å². The first-order chi connectivity index (χ1) is 15.0. The third kappa shape index (κ3) is 7.34. The molecule has 3 rings (SSSR count). The fourth-order valence-corrected chi connectivity index (χ4v) is 3.38. The Morgan fingerprint density at radius 3 is 2.55 bits per heavy atom. The molecule has 164 valence electrons. The number of nitrogens with zero attached hydrogens (tertiary/aromatic N) is 1. The fraction of sp³-hybridized carbons (Fsp3) is 0.273. The number of aromatic nitrogens is 1. The molecule has 9 heteroatoms. The molecule has 6 N–H and O–H groups in total. The van der Waals surface area contributed by atoms with Gasteiger partial charge in [0.1, 0.15) is 18.5 Å². The minimum absolute atomic E-state index is 0.227. The van der Waals surface area contributed by atoms with E-state index in [-0.39, 0.29) is 12.3 Å². The third-order valence-electron chi connectivity index (χ3n) is 4.45. The highest BCUT2D eigenvalue weighted by atomic mass is 32.1. The molecule has 1 aromatic heterocycles. The highest BCUT2D eigenvalue weighted by molar-refractivity contribution is 7.13. The van der Waals surface area contributed by atoms with Crippen molar-refractivity contribution in [2.75, 3.05) is 30.7 Å². The van der Waals surface area contributed by atoms with E-state index in [0.717, 1.165) is 17.7 Å². The molecule has 0 saturated carbocycles. The molecule has 0 bridgehead atoms. The van der Waals surface area contributed by atoms with E-state index in [1.165, 1.54) is 11.3 Å². The topological polar surface area (TPSA) is 130 Å². The number of anilines is 2. The summed E-state index contributed by atoms with van der Waals surface area (Å²) in [6, 6.07) is 16.7. The monoisotopic (exact) mass is 442 g/mol. The molecule has 0 aliphatic carbocycles. The number of hydrogen-bond acceptors (Lipinski definition) is 8. The predicted octanol–water partition coefficient (Wildman–Crippen LogP) is 1.97. The molecular weight excluding hydrogens is 416 g/mol. The van der Waals surface area contributed by atoms with Crippen LogP contribution < -0.4 is 21.1 Å². The second kappa shape index (κ2) is 11.4. The maximum atomic E-state index is 12.1. The van der Waals surface area contributed by atoms with Crippen LogP contribution in [0.2, 0.25) is 0 Å². The number of carbonyl (C=O) groups excluding carboxylic acids is 1. The normalized spacial score (nSPS) is 12.8. The maximum Gasteiger partial charge on any atom is 0.259 e. The van der Waals surface area contributed by atoms with Crippen molar-refractivity contribution < 1.29 is 19.7 Å². The Morgan fingerprint density at radius 2 is 1.87 bits per heavy atom. The van der Waals surface area contributed by atoms with Crippen LogP contribution in [-0.4, -0.2) is 46.9 Å². The molecular formula is C22H26N4O4S. The van der Waals surface area contributed by atoms with E-state index in [4.69, 9.17) is 10.5 Å². The van der Waals surface area contributed by atoms with Crippen LogP contribution in [0.5, 0.6) is 5.75 Å². The van der Waals surface area contributed by atoms with Gasteiger partial charge in [-0.2, -0.15) is 0 Å². The quantitative estimate of drug-likeness (QED) is 0.287. The van der Waals surface area contributed by atoms with Crippen molar-refractivity contribution in [3.05, 3.63) is 71.2 Å². The van der Waals surface area contributed by atoms with Gasteiger partial charge >= 0.3 is 0 Å². The molecule has 3 aromatic rings. The zero-order valence-corrected chi connectivity index (χ0v) is 17.7. The van der Waals surface area contributed by atoms with E-state index in [1.54, 1.807) is 17.5 Å². The summed E-state index contributed by atoms with van der Waals surface area (Å²) in [7, 11) is 0. The summed E-state index contributed by atoms with van der Waals surface area (Å²) in [4.78, 5) is 16.1. The Labute approximate surface area is 184 Å². The van der Waals surface area contributed by atoms with E-state index >= 15 is 0 Å². The number of para-hydroxylation sites is 1. The molecule has 1 heterocycles. The molecule has 2 atom stereocenters. The second-order valence-corrected chi connectivity index (χ2v) is 7.82. The molecule has 0 fully saturated rings. The minimum atomic E-state index is -1.37. The third-order valence-corrected chi connectivity index (χ3v) is 5.14. The standard InChI is InChI=1S/C22H26N4O4S/c23-22-26-19(14-31-22)20(28)21(29)25-16-8-6-15(7-9-16)10-11-24-12-17(27)13-30-18-4-2-1-3-5-18/h1-9,14,17,20,24,27-28H,10-13H2,(H2,23,26)(H,25,29)/t17-,20?/m0/s1. The van der Waals surface area contributed by atoms with Crippen LogP contribution in [0, 0.1) is 0 Å². The minimum Gasteiger partial charge on any atom is -0.491 e. The van der Waals surface area contributed by atoms with Crippen molar-refractivity contribution in [1.82, 2.24) is 10.3 Å². The van der Waals surface area contributed by atoms with Gasteiger partial charge in [-0.05, 0) is 42.8 Å². The van der Waals surface area contributed by atoms with Gasteiger partial charge in [0.25, 0.3) is 5.91 Å². The lowest BCUT2D eigenvalue weighted by Crippen LogP contribution is -2.32. The van der Waals surface area contributed by atoms with Gasteiger partial charge in [0.15, 0.2) is 11.2 Å². The SMILES string of the molecule is Nc1nc(C(O)C(=O)Nc2ccc(CCNC[C@H](O)COc3ccccc3)cc2)cs1. The zero-order chi connectivity index (χ0) is 22.1. The van der Waals surface area contributed by atoms with E-state index in [1.807, 2.05) is 42.5 Å². The van der Waals surface area contributed by atoms with E-state index in [9.17, 15) is 15.0 Å². The van der Waals surface area contributed by atoms with Crippen molar-refractivity contribution in [3.8, 4) is 5.75 Å². The highest BCUT2D eigenvalue weighted by Crippen LogP contribution is 2.20. The number of benzene rings is 2. The van der Waals surface area contributed by atoms with Crippen LogP contribution >= 0.6 is 11.3 Å². The van der Waals surface area contributed by atoms with Gasteiger partial charge in [-0.1, -0.05) is 30.3 Å². The summed E-state index contributed by atoms with van der Waals surface area (Å²) >= 11 is 1.17. The molecule has 1 amide bonds. The average molecular weight is 443 g/mol. The lowest BCUT2D eigenvalue weighted by Gasteiger charge is -2.13.